The maximum atomic E-state index is 11.4. The van der Waals surface area contributed by atoms with Crippen molar-refractivity contribution in [1.82, 2.24) is 5.32 Å². The van der Waals surface area contributed by atoms with E-state index >= 15 is 0 Å². The van der Waals surface area contributed by atoms with Gasteiger partial charge in [0.1, 0.15) is 0 Å². The van der Waals surface area contributed by atoms with Crippen molar-refractivity contribution >= 4 is 5.97 Å². The first-order valence-corrected chi connectivity index (χ1v) is 5.73. The summed E-state index contributed by atoms with van der Waals surface area (Å²) in [5.41, 5.74) is 0. The molecule has 14 heavy (non-hydrogen) atoms. The standard InChI is InChI=1S/C11H19NO2/c13-11(10-4-1-5-10)14-8-9-3-2-6-12-7-9/h9-10,12H,1-8H2/t9-/m0/s1. The number of carbonyl (C=O) groups is 1. The molecule has 1 aliphatic heterocycles. The number of hydrogen-bond donors (Lipinski definition) is 1. The first-order chi connectivity index (χ1) is 6.86. The van der Waals surface area contributed by atoms with Crippen molar-refractivity contribution in [1.29, 1.82) is 0 Å². The Labute approximate surface area is 85.2 Å². The van der Waals surface area contributed by atoms with E-state index in [0.717, 1.165) is 25.9 Å². The summed E-state index contributed by atoms with van der Waals surface area (Å²) < 4.78 is 5.31. The Morgan fingerprint density at radius 3 is 2.71 bits per heavy atom. The van der Waals surface area contributed by atoms with Crippen LogP contribution in [0.15, 0.2) is 0 Å². The van der Waals surface area contributed by atoms with Gasteiger partial charge >= 0.3 is 5.97 Å². The summed E-state index contributed by atoms with van der Waals surface area (Å²) in [5, 5.41) is 3.32. The van der Waals surface area contributed by atoms with Gasteiger partial charge in [-0.25, -0.2) is 0 Å². The number of esters is 1. The molecule has 0 aromatic carbocycles. The predicted octanol–water partition coefficient (Wildman–Crippen LogP) is 1.33. The smallest absolute Gasteiger partial charge is 0.308 e. The van der Waals surface area contributed by atoms with E-state index in [0.29, 0.717) is 12.5 Å². The fourth-order valence-electron chi connectivity index (χ4n) is 2.03. The van der Waals surface area contributed by atoms with Crippen LogP contribution in [0.2, 0.25) is 0 Å². The zero-order valence-corrected chi connectivity index (χ0v) is 8.63. The molecular formula is C11H19NO2. The zero-order chi connectivity index (χ0) is 9.80. The SMILES string of the molecule is O=C(OC[C@H]1CCCNC1)C1CCC1. The van der Waals surface area contributed by atoms with Gasteiger partial charge in [0.05, 0.1) is 12.5 Å². The van der Waals surface area contributed by atoms with E-state index in [4.69, 9.17) is 4.74 Å². The molecule has 0 aromatic rings. The molecule has 2 aliphatic rings. The number of hydrogen-bond acceptors (Lipinski definition) is 3. The van der Waals surface area contributed by atoms with E-state index in [1.807, 2.05) is 0 Å². The molecule has 3 nitrogen and oxygen atoms in total. The Balaban J connectivity index is 1.62. The topological polar surface area (TPSA) is 38.3 Å². The van der Waals surface area contributed by atoms with Crippen LogP contribution in [-0.4, -0.2) is 25.7 Å². The minimum Gasteiger partial charge on any atom is -0.465 e. The van der Waals surface area contributed by atoms with Crippen molar-refractivity contribution in [2.24, 2.45) is 11.8 Å². The number of ether oxygens (including phenoxy) is 1. The Bertz CT molecular complexity index is 195. The quantitative estimate of drug-likeness (QED) is 0.694. The van der Waals surface area contributed by atoms with Crippen molar-refractivity contribution in [2.75, 3.05) is 19.7 Å². The van der Waals surface area contributed by atoms with Crippen LogP contribution in [0.25, 0.3) is 0 Å². The second kappa shape index (κ2) is 4.78. The van der Waals surface area contributed by atoms with Crippen LogP contribution >= 0.6 is 0 Å². The Morgan fingerprint density at radius 1 is 1.29 bits per heavy atom. The summed E-state index contributed by atoms with van der Waals surface area (Å²) in [6.07, 6.45) is 5.70. The highest BCUT2D eigenvalue weighted by Gasteiger charge is 2.27. The fourth-order valence-corrected chi connectivity index (χ4v) is 2.03. The minimum atomic E-state index is 0.0434. The number of rotatable bonds is 3. The Kier molecular flexibility index (Phi) is 3.40. The van der Waals surface area contributed by atoms with Crippen LogP contribution in [0.1, 0.15) is 32.1 Å². The van der Waals surface area contributed by atoms with Gasteiger partial charge in [-0.2, -0.15) is 0 Å². The van der Waals surface area contributed by atoms with Crippen molar-refractivity contribution in [3.8, 4) is 0 Å². The number of carbonyl (C=O) groups excluding carboxylic acids is 1. The monoisotopic (exact) mass is 197 g/mol. The first kappa shape index (κ1) is 9.97. The highest BCUT2D eigenvalue weighted by atomic mass is 16.5. The van der Waals surface area contributed by atoms with Gasteiger partial charge < -0.3 is 10.1 Å². The second-order valence-corrected chi connectivity index (χ2v) is 4.47. The fraction of sp³-hybridized carbons (Fsp3) is 0.909. The minimum absolute atomic E-state index is 0.0434. The van der Waals surface area contributed by atoms with Gasteiger partial charge in [-0.05, 0) is 32.2 Å². The van der Waals surface area contributed by atoms with Gasteiger partial charge in [0.15, 0.2) is 0 Å². The maximum absolute atomic E-state index is 11.4. The van der Waals surface area contributed by atoms with Crippen molar-refractivity contribution in [3.05, 3.63) is 0 Å². The molecule has 0 radical (unpaired) electrons. The summed E-state index contributed by atoms with van der Waals surface area (Å²) in [5.74, 6) is 0.821. The van der Waals surface area contributed by atoms with Gasteiger partial charge in [0.2, 0.25) is 0 Å². The largest absolute Gasteiger partial charge is 0.465 e. The first-order valence-electron chi connectivity index (χ1n) is 5.73. The van der Waals surface area contributed by atoms with Crippen LogP contribution in [0.5, 0.6) is 0 Å². The van der Waals surface area contributed by atoms with Gasteiger partial charge in [-0.3, -0.25) is 4.79 Å². The molecule has 1 atom stereocenters. The van der Waals surface area contributed by atoms with E-state index in [2.05, 4.69) is 5.32 Å². The maximum Gasteiger partial charge on any atom is 0.308 e. The lowest BCUT2D eigenvalue weighted by molar-refractivity contribution is -0.153. The summed E-state index contributed by atoms with van der Waals surface area (Å²) in [6.45, 7) is 2.76. The van der Waals surface area contributed by atoms with Crippen LogP contribution in [0, 0.1) is 11.8 Å². The van der Waals surface area contributed by atoms with Crippen LogP contribution < -0.4 is 5.32 Å². The lowest BCUT2D eigenvalue weighted by atomic mass is 9.86. The average molecular weight is 197 g/mol. The van der Waals surface area contributed by atoms with E-state index in [9.17, 15) is 4.79 Å². The van der Waals surface area contributed by atoms with E-state index in [1.54, 1.807) is 0 Å². The molecule has 2 fully saturated rings. The summed E-state index contributed by atoms with van der Waals surface area (Å²) >= 11 is 0. The lowest BCUT2D eigenvalue weighted by Crippen LogP contribution is -2.34. The highest BCUT2D eigenvalue weighted by Crippen LogP contribution is 2.27. The normalized spacial score (nSPS) is 28.1. The molecule has 0 bridgehead atoms. The van der Waals surface area contributed by atoms with E-state index in [-0.39, 0.29) is 11.9 Å². The van der Waals surface area contributed by atoms with E-state index in [1.165, 1.54) is 19.3 Å². The third-order valence-electron chi connectivity index (χ3n) is 3.30. The molecule has 80 valence electrons. The third-order valence-corrected chi connectivity index (χ3v) is 3.30. The van der Waals surface area contributed by atoms with Gasteiger partial charge in [-0.15, -0.1) is 0 Å². The van der Waals surface area contributed by atoms with Gasteiger partial charge in [0.25, 0.3) is 0 Å². The molecule has 1 saturated heterocycles. The van der Waals surface area contributed by atoms with Crippen LogP contribution in [0.4, 0.5) is 0 Å². The molecule has 0 amide bonds. The second-order valence-electron chi connectivity index (χ2n) is 4.47. The van der Waals surface area contributed by atoms with Crippen molar-refractivity contribution in [2.45, 2.75) is 32.1 Å². The molecule has 3 heteroatoms. The average Bonchev–Trinajstić information content (AvgIpc) is 2.14. The van der Waals surface area contributed by atoms with Crippen LogP contribution in [0.3, 0.4) is 0 Å². The third kappa shape index (κ3) is 2.47. The molecule has 1 aliphatic carbocycles. The lowest BCUT2D eigenvalue weighted by Gasteiger charge is -2.26. The molecule has 1 N–H and O–H groups in total. The van der Waals surface area contributed by atoms with Gasteiger partial charge in [0, 0.05) is 12.5 Å². The molecule has 1 saturated carbocycles. The number of nitrogens with one attached hydrogen (secondary N) is 1. The summed E-state index contributed by atoms with van der Waals surface area (Å²) in [6, 6.07) is 0. The Hall–Kier alpha value is -0.570. The zero-order valence-electron chi connectivity index (χ0n) is 8.63. The highest BCUT2D eigenvalue weighted by molar-refractivity contribution is 5.73. The van der Waals surface area contributed by atoms with E-state index < -0.39 is 0 Å². The molecule has 1 heterocycles. The molecule has 0 unspecified atom stereocenters. The number of piperidine rings is 1. The predicted molar refractivity (Wildman–Crippen MR) is 53.9 cm³/mol. The Morgan fingerprint density at radius 2 is 2.14 bits per heavy atom. The summed E-state index contributed by atoms with van der Waals surface area (Å²) in [7, 11) is 0. The molecule has 0 aromatic heterocycles. The summed E-state index contributed by atoms with van der Waals surface area (Å²) in [4.78, 5) is 11.4. The van der Waals surface area contributed by atoms with Crippen molar-refractivity contribution in [3.63, 3.8) is 0 Å². The van der Waals surface area contributed by atoms with Crippen molar-refractivity contribution < 1.29 is 9.53 Å². The molecule has 2 rings (SSSR count). The van der Waals surface area contributed by atoms with Crippen LogP contribution in [-0.2, 0) is 9.53 Å². The molecular weight excluding hydrogens is 178 g/mol. The molecule has 0 spiro atoms. The van der Waals surface area contributed by atoms with Gasteiger partial charge in [-0.1, -0.05) is 6.42 Å².